The molecule has 23 heavy (non-hydrogen) atoms. The number of carbonyl (C=O) groups excluding carboxylic acids is 1. The third-order valence-corrected chi connectivity index (χ3v) is 3.32. The van der Waals surface area contributed by atoms with Gasteiger partial charge < -0.3 is 14.8 Å². The Morgan fingerprint density at radius 3 is 2.30 bits per heavy atom. The van der Waals surface area contributed by atoms with Crippen molar-refractivity contribution in [1.82, 2.24) is 5.32 Å². The second-order valence-electron chi connectivity index (χ2n) is 4.92. The van der Waals surface area contributed by atoms with Crippen LogP contribution in [0.2, 0.25) is 5.02 Å². The van der Waals surface area contributed by atoms with Gasteiger partial charge in [0, 0.05) is 11.4 Å². The van der Waals surface area contributed by atoms with Crippen molar-refractivity contribution in [1.29, 1.82) is 0 Å². The average Bonchev–Trinajstić information content (AvgIpc) is 2.58. The quantitative estimate of drug-likeness (QED) is 0.712. The fourth-order valence-electron chi connectivity index (χ4n) is 1.92. The lowest BCUT2D eigenvalue weighted by atomic mass is 10.3. The van der Waals surface area contributed by atoms with Crippen molar-refractivity contribution in [3.05, 3.63) is 59.6 Å². The van der Waals surface area contributed by atoms with Gasteiger partial charge in [-0.1, -0.05) is 29.8 Å². The number of rotatable bonds is 9. The van der Waals surface area contributed by atoms with Crippen LogP contribution in [0.25, 0.3) is 0 Å². The van der Waals surface area contributed by atoms with Crippen LogP contribution in [-0.4, -0.2) is 25.7 Å². The maximum atomic E-state index is 11.7. The summed E-state index contributed by atoms with van der Waals surface area (Å²) < 4.78 is 11.0. The molecular weight excluding hydrogens is 314 g/mol. The Kier molecular flexibility index (Phi) is 7.27. The number of carbonyl (C=O) groups is 1. The molecule has 4 nitrogen and oxygen atoms in total. The molecule has 0 heterocycles. The topological polar surface area (TPSA) is 47.6 Å². The van der Waals surface area contributed by atoms with E-state index < -0.39 is 0 Å². The van der Waals surface area contributed by atoms with Gasteiger partial charge in [0.1, 0.15) is 18.1 Å². The lowest BCUT2D eigenvalue weighted by Gasteiger charge is -2.08. The van der Waals surface area contributed by atoms with Crippen LogP contribution in [0.5, 0.6) is 11.5 Å². The van der Waals surface area contributed by atoms with Crippen molar-refractivity contribution in [3.8, 4) is 11.5 Å². The first-order valence-corrected chi connectivity index (χ1v) is 7.95. The van der Waals surface area contributed by atoms with Crippen LogP contribution in [0.4, 0.5) is 0 Å². The number of hydrogen-bond acceptors (Lipinski definition) is 3. The lowest BCUT2D eigenvalue weighted by molar-refractivity contribution is -0.121. The fraction of sp³-hybridized carbons (Fsp3) is 0.278. The summed E-state index contributed by atoms with van der Waals surface area (Å²) in [5.41, 5.74) is 0. The Labute approximate surface area is 141 Å². The molecule has 0 aromatic heterocycles. The van der Waals surface area contributed by atoms with Gasteiger partial charge in [-0.25, -0.2) is 0 Å². The summed E-state index contributed by atoms with van der Waals surface area (Å²) in [7, 11) is 0. The van der Waals surface area contributed by atoms with E-state index in [1.54, 1.807) is 24.3 Å². The number of hydrogen-bond donors (Lipinski definition) is 1. The molecule has 0 radical (unpaired) electrons. The van der Waals surface area contributed by atoms with Gasteiger partial charge in [-0.15, -0.1) is 0 Å². The summed E-state index contributed by atoms with van der Waals surface area (Å²) in [4.78, 5) is 11.7. The smallest absolute Gasteiger partial charge is 0.220 e. The summed E-state index contributed by atoms with van der Waals surface area (Å²) in [6.07, 6.45) is 1.12. The van der Waals surface area contributed by atoms with Crippen LogP contribution >= 0.6 is 11.6 Å². The van der Waals surface area contributed by atoms with E-state index >= 15 is 0 Å². The van der Waals surface area contributed by atoms with E-state index in [0.29, 0.717) is 37.6 Å². The van der Waals surface area contributed by atoms with E-state index in [0.717, 1.165) is 11.5 Å². The molecule has 0 aliphatic carbocycles. The van der Waals surface area contributed by atoms with Crippen molar-refractivity contribution in [3.63, 3.8) is 0 Å². The highest BCUT2D eigenvalue weighted by Gasteiger charge is 2.01. The van der Waals surface area contributed by atoms with Gasteiger partial charge in [0.2, 0.25) is 5.91 Å². The highest BCUT2D eigenvalue weighted by molar-refractivity contribution is 6.30. The first-order chi connectivity index (χ1) is 11.2. The van der Waals surface area contributed by atoms with Crippen LogP contribution in [0.3, 0.4) is 0 Å². The molecule has 2 aromatic carbocycles. The largest absolute Gasteiger partial charge is 0.494 e. The highest BCUT2D eigenvalue weighted by Crippen LogP contribution is 2.15. The second-order valence-corrected chi connectivity index (χ2v) is 5.35. The first-order valence-electron chi connectivity index (χ1n) is 7.57. The number of ether oxygens (including phenoxy) is 2. The molecule has 0 saturated heterocycles. The summed E-state index contributed by atoms with van der Waals surface area (Å²) >= 11 is 5.79. The van der Waals surface area contributed by atoms with Crippen molar-refractivity contribution in [2.45, 2.75) is 12.8 Å². The molecule has 122 valence electrons. The number of para-hydroxylation sites is 1. The minimum absolute atomic E-state index is 0.00127. The van der Waals surface area contributed by atoms with Crippen molar-refractivity contribution in [2.75, 3.05) is 19.8 Å². The van der Waals surface area contributed by atoms with Crippen LogP contribution < -0.4 is 14.8 Å². The normalized spacial score (nSPS) is 10.1. The fourth-order valence-corrected chi connectivity index (χ4v) is 2.04. The van der Waals surface area contributed by atoms with Gasteiger partial charge >= 0.3 is 0 Å². The van der Waals surface area contributed by atoms with Crippen molar-refractivity contribution >= 4 is 17.5 Å². The van der Waals surface area contributed by atoms with Crippen LogP contribution in [0.15, 0.2) is 54.6 Å². The van der Waals surface area contributed by atoms with E-state index in [4.69, 9.17) is 21.1 Å². The second kappa shape index (κ2) is 9.74. The van der Waals surface area contributed by atoms with Gasteiger partial charge in [-0.3, -0.25) is 4.79 Å². The van der Waals surface area contributed by atoms with E-state index in [2.05, 4.69) is 5.32 Å². The summed E-state index contributed by atoms with van der Waals surface area (Å²) in [6, 6.07) is 16.7. The van der Waals surface area contributed by atoms with Gasteiger partial charge in [0.25, 0.3) is 0 Å². The maximum absolute atomic E-state index is 11.7. The molecule has 0 saturated carbocycles. The van der Waals surface area contributed by atoms with Gasteiger partial charge in [-0.05, 0) is 42.8 Å². The summed E-state index contributed by atoms with van der Waals surface area (Å²) in [6.45, 7) is 1.42. The molecule has 0 spiro atoms. The molecule has 0 atom stereocenters. The third-order valence-electron chi connectivity index (χ3n) is 3.07. The molecular formula is C18H20ClNO3. The first kappa shape index (κ1) is 17.2. The SMILES string of the molecule is O=C(CCCOc1ccccc1)NCCOc1ccc(Cl)cc1. The zero-order valence-corrected chi connectivity index (χ0v) is 13.6. The predicted molar refractivity (Wildman–Crippen MR) is 91.1 cm³/mol. The zero-order chi connectivity index (χ0) is 16.3. The van der Waals surface area contributed by atoms with Crippen molar-refractivity contribution < 1.29 is 14.3 Å². The molecule has 2 aromatic rings. The van der Waals surface area contributed by atoms with Gasteiger partial charge in [-0.2, -0.15) is 0 Å². The minimum atomic E-state index is 0.00127. The number of amides is 1. The molecule has 0 aliphatic heterocycles. The molecule has 0 fully saturated rings. The standard InChI is InChI=1S/C18H20ClNO3/c19-15-8-10-17(11-9-15)23-14-12-20-18(21)7-4-13-22-16-5-2-1-3-6-16/h1-3,5-6,8-11H,4,7,12-14H2,(H,20,21). The Balaban J connectivity index is 1.51. The minimum Gasteiger partial charge on any atom is -0.494 e. The average molecular weight is 334 g/mol. The molecule has 0 aliphatic rings. The molecule has 1 amide bonds. The number of nitrogens with one attached hydrogen (secondary N) is 1. The van der Waals surface area contributed by atoms with E-state index in [-0.39, 0.29) is 5.91 Å². The molecule has 2 rings (SSSR count). The van der Waals surface area contributed by atoms with Gasteiger partial charge in [0.05, 0.1) is 13.2 Å². The molecule has 5 heteroatoms. The monoisotopic (exact) mass is 333 g/mol. The molecule has 0 unspecified atom stereocenters. The Morgan fingerprint density at radius 1 is 0.913 bits per heavy atom. The molecule has 0 bridgehead atoms. The van der Waals surface area contributed by atoms with Crippen LogP contribution in [0, 0.1) is 0 Å². The number of halogens is 1. The van der Waals surface area contributed by atoms with E-state index in [9.17, 15) is 4.79 Å². The summed E-state index contributed by atoms with van der Waals surface area (Å²) in [5, 5.41) is 3.49. The Morgan fingerprint density at radius 2 is 1.57 bits per heavy atom. The summed E-state index contributed by atoms with van der Waals surface area (Å²) in [5.74, 6) is 1.56. The van der Waals surface area contributed by atoms with E-state index in [1.807, 2.05) is 30.3 Å². The van der Waals surface area contributed by atoms with Crippen LogP contribution in [-0.2, 0) is 4.79 Å². The Bertz CT molecular complexity index is 587. The van der Waals surface area contributed by atoms with Gasteiger partial charge in [0.15, 0.2) is 0 Å². The van der Waals surface area contributed by atoms with Crippen molar-refractivity contribution in [2.24, 2.45) is 0 Å². The lowest BCUT2D eigenvalue weighted by Crippen LogP contribution is -2.28. The third kappa shape index (κ3) is 7.06. The zero-order valence-electron chi connectivity index (χ0n) is 12.8. The van der Waals surface area contributed by atoms with Crippen LogP contribution in [0.1, 0.15) is 12.8 Å². The predicted octanol–water partition coefficient (Wildman–Crippen LogP) is 3.69. The Hall–Kier alpha value is -2.20. The number of benzene rings is 2. The maximum Gasteiger partial charge on any atom is 0.220 e. The van der Waals surface area contributed by atoms with E-state index in [1.165, 1.54) is 0 Å². The highest BCUT2D eigenvalue weighted by atomic mass is 35.5. The molecule has 1 N–H and O–H groups in total.